The van der Waals surface area contributed by atoms with E-state index in [1.165, 1.54) is 4.31 Å². The van der Waals surface area contributed by atoms with Gasteiger partial charge in [-0.15, -0.1) is 0 Å². The molecule has 32 heavy (non-hydrogen) atoms. The van der Waals surface area contributed by atoms with E-state index in [0.717, 1.165) is 16.7 Å². The lowest BCUT2D eigenvalue weighted by Gasteiger charge is -2.23. The minimum Gasteiger partial charge on any atom is -0.348 e. The zero-order chi connectivity index (χ0) is 23.1. The number of carbonyl (C=O) groups excluding carboxylic acids is 1. The Balaban J connectivity index is 1.77. The molecule has 0 fully saturated rings. The zero-order valence-corrected chi connectivity index (χ0v) is 19.7. The number of amides is 1. The Morgan fingerprint density at radius 3 is 2.22 bits per heavy atom. The number of carbonyl (C=O) groups is 1. The molecular formula is C25H27ClN2O3S. The summed E-state index contributed by atoms with van der Waals surface area (Å²) in [6.45, 7) is 3.68. The van der Waals surface area contributed by atoms with Gasteiger partial charge in [0.05, 0.1) is 17.5 Å². The quantitative estimate of drug-likeness (QED) is 0.490. The summed E-state index contributed by atoms with van der Waals surface area (Å²) in [5.41, 5.74) is 2.86. The first-order chi connectivity index (χ1) is 15.3. The van der Waals surface area contributed by atoms with E-state index in [2.05, 4.69) is 5.32 Å². The molecule has 0 aromatic heterocycles. The van der Waals surface area contributed by atoms with E-state index in [4.69, 9.17) is 11.6 Å². The molecule has 0 bridgehead atoms. The Morgan fingerprint density at radius 2 is 1.59 bits per heavy atom. The van der Waals surface area contributed by atoms with Gasteiger partial charge in [0, 0.05) is 11.6 Å². The third-order valence-corrected chi connectivity index (χ3v) is 7.33. The molecule has 0 saturated carbocycles. The molecule has 0 aliphatic heterocycles. The van der Waals surface area contributed by atoms with Crippen LogP contribution in [0.4, 0.5) is 0 Å². The summed E-state index contributed by atoms with van der Waals surface area (Å²) in [5.74, 6) is -0.365. The highest BCUT2D eigenvalue weighted by Gasteiger charge is 2.27. The van der Waals surface area contributed by atoms with Crippen LogP contribution in [-0.2, 0) is 21.2 Å². The van der Waals surface area contributed by atoms with Crippen LogP contribution in [0.3, 0.4) is 0 Å². The van der Waals surface area contributed by atoms with Gasteiger partial charge in [-0.05, 0) is 55.7 Å². The van der Waals surface area contributed by atoms with Crippen molar-refractivity contribution >= 4 is 27.5 Å². The van der Waals surface area contributed by atoms with E-state index in [-0.39, 0.29) is 29.9 Å². The summed E-state index contributed by atoms with van der Waals surface area (Å²) in [6, 6.07) is 23.2. The largest absolute Gasteiger partial charge is 0.348 e. The van der Waals surface area contributed by atoms with Crippen molar-refractivity contribution in [3.05, 3.63) is 101 Å². The van der Waals surface area contributed by atoms with Crippen molar-refractivity contribution in [2.24, 2.45) is 0 Å². The van der Waals surface area contributed by atoms with E-state index in [0.29, 0.717) is 11.4 Å². The molecule has 1 N–H and O–H groups in total. The number of hydrogen-bond donors (Lipinski definition) is 1. The lowest BCUT2D eigenvalue weighted by molar-refractivity contribution is -0.121. The number of halogens is 1. The topological polar surface area (TPSA) is 66.5 Å². The molecule has 0 radical (unpaired) electrons. The third-order valence-electron chi connectivity index (χ3n) is 5.22. The highest BCUT2D eigenvalue weighted by molar-refractivity contribution is 7.89. The maximum absolute atomic E-state index is 13.3. The number of aryl methyl sites for hydroxylation is 1. The molecule has 1 amide bonds. The second-order valence-electron chi connectivity index (χ2n) is 7.73. The molecule has 0 spiro atoms. The summed E-state index contributed by atoms with van der Waals surface area (Å²) >= 11 is 5.93. The summed E-state index contributed by atoms with van der Waals surface area (Å²) in [6.07, 6.45) is 0.506. The summed E-state index contributed by atoms with van der Waals surface area (Å²) < 4.78 is 27.9. The Hall–Kier alpha value is -2.67. The molecule has 7 heteroatoms. The van der Waals surface area contributed by atoms with Gasteiger partial charge in [-0.3, -0.25) is 4.79 Å². The summed E-state index contributed by atoms with van der Waals surface area (Å²) in [5, 5.41) is 3.50. The Morgan fingerprint density at radius 1 is 0.969 bits per heavy atom. The van der Waals surface area contributed by atoms with Gasteiger partial charge >= 0.3 is 0 Å². The van der Waals surface area contributed by atoms with Gasteiger partial charge in [-0.2, -0.15) is 4.31 Å². The molecule has 0 aliphatic rings. The van der Waals surface area contributed by atoms with Crippen molar-refractivity contribution in [3.8, 4) is 0 Å². The number of nitrogens with zero attached hydrogens (tertiary/aromatic N) is 1. The van der Waals surface area contributed by atoms with Gasteiger partial charge in [-0.25, -0.2) is 8.42 Å². The maximum Gasteiger partial charge on any atom is 0.243 e. The first-order valence-corrected chi connectivity index (χ1v) is 12.2. The van der Waals surface area contributed by atoms with Crippen LogP contribution in [0.25, 0.3) is 0 Å². The predicted octanol–water partition coefficient (Wildman–Crippen LogP) is 4.76. The molecule has 1 atom stereocenters. The van der Waals surface area contributed by atoms with Crippen LogP contribution >= 0.6 is 11.6 Å². The molecule has 0 aliphatic carbocycles. The van der Waals surface area contributed by atoms with Crippen LogP contribution in [-0.4, -0.2) is 31.7 Å². The lowest BCUT2D eigenvalue weighted by atomic mass is 10.1. The molecule has 3 aromatic rings. The Labute approximate surface area is 195 Å². The number of nitrogens with one attached hydrogen (secondary N) is 1. The fraction of sp³-hybridized carbons (Fsp3) is 0.240. The fourth-order valence-electron chi connectivity index (χ4n) is 3.32. The van der Waals surface area contributed by atoms with Crippen LogP contribution < -0.4 is 5.32 Å². The number of benzene rings is 3. The van der Waals surface area contributed by atoms with Gasteiger partial charge in [0.25, 0.3) is 0 Å². The average molecular weight is 471 g/mol. The van der Waals surface area contributed by atoms with Gasteiger partial charge in [0.15, 0.2) is 0 Å². The minimum atomic E-state index is -3.83. The van der Waals surface area contributed by atoms with Crippen LogP contribution in [0.2, 0.25) is 5.02 Å². The van der Waals surface area contributed by atoms with Crippen LogP contribution in [0, 0.1) is 6.92 Å². The highest BCUT2D eigenvalue weighted by Crippen LogP contribution is 2.19. The monoisotopic (exact) mass is 470 g/mol. The molecule has 5 nitrogen and oxygen atoms in total. The molecule has 0 saturated heterocycles. The van der Waals surface area contributed by atoms with E-state index >= 15 is 0 Å². The number of hydrogen-bond acceptors (Lipinski definition) is 3. The third kappa shape index (κ3) is 6.42. The SMILES string of the molecule is Cc1ccc(S(=O)(=O)N(CCc2ccccc2)CC(=O)N[C@@H](C)c2ccc(Cl)cc2)cc1. The van der Waals surface area contributed by atoms with Crippen molar-refractivity contribution < 1.29 is 13.2 Å². The van der Waals surface area contributed by atoms with Gasteiger partial charge in [-0.1, -0.05) is 71.8 Å². The molecule has 0 unspecified atom stereocenters. The first kappa shape index (κ1) is 24.0. The number of sulfonamides is 1. The Kier molecular flexibility index (Phi) is 8.07. The van der Waals surface area contributed by atoms with E-state index in [9.17, 15) is 13.2 Å². The highest BCUT2D eigenvalue weighted by atomic mass is 35.5. The molecule has 0 heterocycles. The first-order valence-electron chi connectivity index (χ1n) is 10.4. The van der Waals surface area contributed by atoms with Gasteiger partial charge in [0.1, 0.15) is 0 Å². The standard InChI is InChI=1S/C25H27ClN2O3S/c1-19-8-14-24(15-9-19)32(30,31)28(17-16-21-6-4-3-5-7-21)18-25(29)27-20(2)22-10-12-23(26)13-11-22/h3-15,20H,16-18H2,1-2H3,(H,27,29)/t20-/m0/s1. The summed E-state index contributed by atoms with van der Waals surface area (Å²) in [4.78, 5) is 13.0. The van der Waals surface area contributed by atoms with Crippen molar-refractivity contribution in [1.29, 1.82) is 0 Å². The smallest absolute Gasteiger partial charge is 0.243 e. The van der Waals surface area contributed by atoms with Crippen molar-refractivity contribution in [3.63, 3.8) is 0 Å². The van der Waals surface area contributed by atoms with Gasteiger partial charge < -0.3 is 5.32 Å². The minimum absolute atomic E-state index is 0.176. The van der Waals surface area contributed by atoms with E-state index in [1.807, 2.05) is 56.3 Å². The van der Waals surface area contributed by atoms with Crippen molar-refractivity contribution in [1.82, 2.24) is 9.62 Å². The van der Waals surface area contributed by atoms with Crippen molar-refractivity contribution in [2.75, 3.05) is 13.1 Å². The Bertz CT molecular complexity index is 1130. The maximum atomic E-state index is 13.3. The fourth-order valence-corrected chi connectivity index (χ4v) is 4.85. The second-order valence-corrected chi connectivity index (χ2v) is 10.1. The zero-order valence-electron chi connectivity index (χ0n) is 18.2. The van der Waals surface area contributed by atoms with Gasteiger partial charge in [0.2, 0.25) is 15.9 Å². The van der Waals surface area contributed by atoms with Crippen LogP contribution in [0.15, 0.2) is 83.8 Å². The molecule has 168 valence electrons. The van der Waals surface area contributed by atoms with Crippen LogP contribution in [0.5, 0.6) is 0 Å². The normalized spacial score (nSPS) is 12.5. The average Bonchev–Trinajstić information content (AvgIpc) is 2.78. The molecule has 3 aromatic carbocycles. The van der Waals surface area contributed by atoms with E-state index < -0.39 is 10.0 Å². The number of rotatable bonds is 9. The molecular weight excluding hydrogens is 444 g/mol. The second kappa shape index (κ2) is 10.8. The lowest BCUT2D eigenvalue weighted by Crippen LogP contribution is -2.42. The van der Waals surface area contributed by atoms with Crippen LogP contribution in [0.1, 0.15) is 29.7 Å². The van der Waals surface area contributed by atoms with Crippen molar-refractivity contribution in [2.45, 2.75) is 31.2 Å². The predicted molar refractivity (Wildman–Crippen MR) is 128 cm³/mol. The molecule has 3 rings (SSSR count). The summed E-state index contributed by atoms with van der Waals surface area (Å²) in [7, 11) is -3.83. The van der Waals surface area contributed by atoms with E-state index in [1.54, 1.807) is 36.4 Å².